The number of nitrogens with zero attached hydrogens (tertiary/aromatic N) is 2. The van der Waals surface area contributed by atoms with Gasteiger partial charge in [0.2, 0.25) is 0 Å². The molecule has 3 N–H and O–H groups in total. The van der Waals surface area contributed by atoms with E-state index in [0.29, 0.717) is 12.1 Å². The first kappa shape index (κ1) is 13.5. The average molecular weight is 285 g/mol. The Kier molecular flexibility index (Phi) is 3.81. The van der Waals surface area contributed by atoms with Crippen LogP contribution in [0.15, 0.2) is 36.5 Å². The van der Waals surface area contributed by atoms with Crippen molar-refractivity contribution in [2.24, 2.45) is 0 Å². The van der Waals surface area contributed by atoms with Crippen molar-refractivity contribution in [1.29, 1.82) is 0 Å². The van der Waals surface area contributed by atoms with E-state index >= 15 is 0 Å². The van der Waals surface area contributed by atoms with Crippen LogP contribution in [0.25, 0.3) is 0 Å². The number of hydrogen-bond donors (Lipinski definition) is 3. The first-order chi connectivity index (χ1) is 10.2. The van der Waals surface area contributed by atoms with E-state index < -0.39 is 0 Å². The van der Waals surface area contributed by atoms with Gasteiger partial charge in [0.05, 0.1) is 11.9 Å². The van der Waals surface area contributed by atoms with Crippen molar-refractivity contribution in [3.63, 3.8) is 0 Å². The minimum absolute atomic E-state index is 0.0772. The van der Waals surface area contributed by atoms with Crippen LogP contribution in [-0.4, -0.2) is 28.3 Å². The van der Waals surface area contributed by atoms with E-state index in [-0.39, 0.29) is 11.5 Å². The molecule has 1 aliphatic heterocycles. The number of benzene rings is 1. The van der Waals surface area contributed by atoms with Crippen molar-refractivity contribution in [3.05, 3.63) is 42.1 Å². The molecule has 0 spiro atoms. The Bertz CT molecular complexity index is 607. The number of hydrogen-bond acceptors (Lipinski definition) is 5. The maximum atomic E-state index is 9.75. The molecule has 1 saturated heterocycles. The van der Waals surface area contributed by atoms with Gasteiger partial charge in [0.25, 0.3) is 0 Å². The molecule has 0 unspecified atom stereocenters. The Morgan fingerprint density at radius 3 is 2.62 bits per heavy atom. The van der Waals surface area contributed by atoms with E-state index in [9.17, 15) is 10.2 Å². The summed E-state index contributed by atoms with van der Waals surface area (Å²) in [5.74, 6) is 0.835. The normalized spacial score (nSPS) is 14.4. The number of aromatic hydroxyl groups is 2. The number of rotatable bonds is 4. The Labute approximate surface area is 123 Å². The van der Waals surface area contributed by atoms with Gasteiger partial charge in [0.1, 0.15) is 5.82 Å². The number of phenols is 2. The third kappa shape index (κ3) is 3.02. The molecular weight excluding hydrogens is 266 g/mol. The van der Waals surface area contributed by atoms with Gasteiger partial charge in [-0.1, -0.05) is 12.1 Å². The Hall–Kier alpha value is -2.43. The van der Waals surface area contributed by atoms with Gasteiger partial charge in [-0.2, -0.15) is 0 Å². The van der Waals surface area contributed by atoms with Gasteiger partial charge in [-0.15, -0.1) is 0 Å². The summed E-state index contributed by atoms with van der Waals surface area (Å²) in [4.78, 5) is 6.75. The molecule has 1 aromatic heterocycles. The summed E-state index contributed by atoms with van der Waals surface area (Å²) in [6.45, 7) is 2.60. The monoisotopic (exact) mass is 285 g/mol. The topological polar surface area (TPSA) is 68.6 Å². The fourth-order valence-electron chi connectivity index (χ4n) is 2.54. The fraction of sp³-hybridized carbons (Fsp3) is 0.312. The highest BCUT2D eigenvalue weighted by molar-refractivity contribution is 5.51. The molecule has 1 aromatic carbocycles. The highest BCUT2D eigenvalue weighted by atomic mass is 16.3. The van der Waals surface area contributed by atoms with Crippen LogP contribution in [0, 0.1) is 0 Å². The zero-order valence-corrected chi connectivity index (χ0v) is 11.8. The number of pyridine rings is 1. The lowest BCUT2D eigenvalue weighted by Crippen LogP contribution is -2.18. The highest BCUT2D eigenvalue weighted by Crippen LogP contribution is 2.28. The van der Waals surface area contributed by atoms with Crippen LogP contribution in [0.4, 0.5) is 11.5 Å². The third-order valence-electron chi connectivity index (χ3n) is 3.76. The maximum absolute atomic E-state index is 9.75. The smallest absolute Gasteiger partial charge is 0.162 e. The van der Waals surface area contributed by atoms with Crippen molar-refractivity contribution < 1.29 is 10.2 Å². The van der Waals surface area contributed by atoms with Crippen molar-refractivity contribution >= 4 is 11.5 Å². The molecule has 1 fully saturated rings. The molecule has 0 aliphatic carbocycles. The molecule has 0 amide bonds. The molecule has 3 rings (SSSR count). The van der Waals surface area contributed by atoms with Crippen molar-refractivity contribution in [1.82, 2.24) is 4.98 Å². The Morgan fingerprint density at radius 2 is 1.90 bits per heavy atom. The van der Waals surface area contributed by atoms with Crippen molar-refractivity contribution in [3.8, 4) is 11.5 Å². The first-order valence-corrected chi connectivity index (χ1v) is 7.19. The average Bonchev–Trinajstić information content (AvgIpc) is 3.04. The molecule has 0 atom stereocenters. The van der Waals surface area contributed by atoms with E-state index in [1.165, 1.54) is 18.9 Å². The minimum atomic E-state index is -0.100. The zero-order chi connectivity index (χ0) is 14.7. The van der Waals surface area contributed by atoms with Gasteiger partial charge in [0, 0.05) is 25.2 Å². The standard InChI is InChI=1S/C16H19N3O2/c20-14-5-3-4-12(16(14)21)10-17-13-6-7-15(18-11-13)19-8-1-2-9-19/h3-7,11,17,20-21H,1-2,8-10H2. The summed E-state index contributed by atoms with van der Waals surface area (Å²) in [5.41, 5.74) is 1.54. The largest absolute Gasteiger partial charge is 0.504 e. The van der Waals surface area contributed by atoms with Gasteiger partial charge in [-0.3, -0.25) is 0 Å². The number of para-hydroxylation sites is 1. The molecule has 5 nitrogen and oxygen atoms in total. The summed E-state index contributed by atoms with van der Waals surface area (Å²) < 4.78 is 0. The predicted molar refractivity (Wildman–Crippen MR) is 82.8 cm³/mol. The first-order valence-electron chi connectivity index (χ1n) is 7.19. The number of aromatic nitrogens is 1. The van der Waals surface area contributed by atoms with E-state index in [0.717, 1.165) is 24.6 Å². The second kappa shape index (κ2) is 5.91. The van der Waals surface area contributed by atoms with Crippen LogP contribution in [0.1, 0.15) is 18.4 Å². The molecule has 2 aromatic rings. The van der Waals surface area contributed by atoms with E-state index in [2.05, 4.69) is 15.2 Å². The highest BCUT2D eigenvalue weighted by Gasteiger charge is 2.13. The van der Waals surface area contributed by atoms with E-state index in [1.54, 1.807) is 18.3 Å². The van der Waals surface area contributed by atoms with Gasteiger partial charge in [-0.25, -0.2) is 4.98 Å². The Morgan fingerprint density at radius 1 is 1.10 bits per heavy atom. The van der Waals surface area contributed by atoms with Gasteiger partial charge >= 0.3 is 0 Å². The van der Waals surface area contributed by atoms with Crippen LogP contribution < -0.4 is 10.2 Å². The lowest BCUT2D eigenvalue weighted by Gasteiger charge is -2.16. The van der Waals surface area contributed by atoms with Crippen LogP contribution in [0.3, 0.4) is 0 Å². The van der Waals surface area contributed by atoms with Crippen LogP contribution in [-0.2, 0) is 6.54 Å². The molecule has 0 saturated carbocycles. The second-order valence-corrected chi connectivity index (χ2v) is 5.24. The number of nitrogens with one attached hydrogen (secondary N) is 1. The van der Waals surface area contributed by atoms with Crippen LogP contribution in [0.2, 0.25) is 0 Å². The van der Waals surface area contributed by atoms with Gasteiger partial charge < -0.3 is 20.4 Å². The fourth-order valence-corrected chi connectivity index (χ4v) is 2.54. The van der Waals surface area contributed by atoms with Crippen molar-refractivity contribution in [2.75, 3.05) is 23.3 Å². The predicted octanol–water partition coefficient (Wildman–Crippen LogP) is 2.71. The van der Waals surface area contributed by atoms with Crippen LogP contribution in [0.5, 0.6) is 11.5 Å². The Balaban J connectivity index is 1.64. The molecule has 21 heavy (non-hydrogen) atoms. The van der Waals surface area contributed by atoms with Gasteiger partial charge in [0.15, 0.2) is 11.5 Å². The van der Waals surface area contributed by atoms with Gasteiger partial charge in [-0.05, 0) is 31.0 Å². The maximum Gasteiger partial charge on any atom is 0.162 e. The summed E-state index contributed by atoms with van der Waals surface area (Å²) in [7, 11) is 0. The summed E-state index contributed by atoms with van der Waals surface area (Å²) in [6.07, 6.45) is 4.27. The molecule has 1 aliphatic rings. The molecule has 0 bridgehead atoms. The number of anilines is 2. The molecular formula is C16H19N3O2. The van der Waals surface area contributed by atoms with E-state index in [1.807, 2.05) is 12.1 Å². The van der Waals surface area contributed by atoms with Crippen molar-refractivity contribution in [2.45, 2.75) is 19.4 Å². The van der Waals surface area contributed by atoms with E-state index in [4.69, 9.17) is 0 Å². The minimum Gasteiger partial charge on any atom is -0.504 e. The second-order valence-electron chi connectivity index (χ2n) is 5.24. The quantitative estimate of drug-likeness (QED) is 0.754. The molecule has 5 heteroatoms. The molecule has 2 heterocycles. The molecule has 0 radical (unpaired) electrons. The number of phenolic OH excluding ortho intramolecular Hbond substituents is 2. The molecule has 110 valence electrons. The zero-order valence-electron chi connectivity index (χ0n) is 11.8. The SMILES string of the molecule is Oc1cccc(CNc2ccc(N3CCCC3)nc2)c1O. The lowest BCUT2D eigenvalue weighted by atomic mass is 10.2. The van der Waals surface area contributed by atoms with Crippen LogP contribution >= 0.6 is 0 Å². The summed E-state index contributed by atoms with van der Waals surface area (Å²) in [5, 5.41) is 22.4. The lowest BCUT2D eigenvalue weighted by molar-refractivity contribution is 0.400. The summed E-state index contributed by atoms with van der Waals surface area (Å²) >= 11 is 0. The third-order valence-corrected chi connectivity index (χ3v) is 3.76. The summed E-state index contributed by atoms with van der Waals surface area (Å²) in [6, 6.07) is 8.94.